The quantitative estimate of drug-likeness (QED) is 0.477. The smallest absolute Gasteiger partial charge is 0.341 e. The van der Waals surface area contributed by atoms with Crippen molar-refractivity contribution in [3.05, 3.63) is 74.3 Å². The molecule has 8 heteroatoms. The van der Waals surface area contributed by atoms with E-state index in [0.717, 1.165) is 12.8 Å². The number of aliphatic hydroxyl groups excluding tert-OH is 1. The SMILES string of the molecule is CCCC[C@@H](CO)n1cc(C(=O)O)c(=O)c2cc(Cc3cccc(Cl)c3F)c(OC)cc21. The number of rotatable bonds is 9. The molecule has 2 aromatic carbocycles. The molecule has 1 atom stereocenters. The number of ether oxygens (including phenoxy) is 1. The van der Waals surface area contributed by atoms with Gasteiger partial charge in [0, 0.05) is 24.1 Å². The molecule has 1 aromatic heterocycles. The van der Waals surface area contributed by atoms with Gasteiger partial charge in [0.05, 0.1) is 30.3 Å². The number of unbranched alkanes of at least 4 members (excludes halogenated alkanes) is 1. The number of aliphatic hydroxyl groups is 1. The molecule has 3 aromatic rings. The zero-order valence-corrected chi connectivity index (χ0v) is 18.7. The minimum atomic E-state index is -1.35. The van der Waals surface area contributed by atoms with Crippen LogP contribution >= 0.6 is 11.6 Å². The molecule has 2 N–H and O–H groups in total. The summed E-state index contributed by atoms with van der Waals surface area (Å²) in [5, 5.41) is 19.7. The number of carboxylic acid groups (broad SMARTS) is 1. The standard InChI is InChI=1S/C24H25ClFNO5/c1-3-4-7-16(13-28)27-12-18(24(30)31)23(29)17-10-15(21(32-2)11-20(17)27)9-14-6-5-8-19(25)22(14)26/h5-6,8,10-12,16,28H,3-4,7,9,13H2,1-2H3,(H,30,31)/t16-/m0/s1. The molecular formula is C24H25ClFNO5. The predicted molar refractivity (Wildman–Crippen MR) is 122 cm³/mol. The Hall–Kier alpha value is -2.90. The fourth-order valence-corrected chi connectivity index (χ4v) is 4.05. The van der Waals surface area contributed by atoms with Gasteiger partial charge < -0.3 is 19.5 Å². The van der Waals surface area contributed by atoms with Gasteiger partial charge in [-0.1, -0.05) is 43.5 Å². The second-order valence-electron chi connectivity index (χ2n) is 7.63. The number of carbonyl (C=O) groups is 1. The van der Waals surface area contributed by atoms with Gasteiger partial charge in [-0.3, -0.25) is 4.79 Å². The first-order valence-corrected chi connectivity index (χ1v) is 10.7. The van der Waals surface area contributed by atoms with Crippen LogP contribution in [0.25, 0.3) is 10.9 Å². The van der Waals surface area contributed by atoms with Crippen molar-refractivity contribution in [3.8, 4) is 5.75 Å². The summed E-state index contributed by atoms with van der Waals surface area (Å²) in [6.45, 7) is 1.81. The zero-order valence-electron chi connectivity index (χ0n) is 17.9. The number of halogens is 2. The second kappa shape index (κ2) is 10.1. The number of carboxylic acids is 1. The van der Waals surface area contributed by atoms with Crippen molar-refractivity contribution in [1.29, 1.82) is 0 Å². The molecule has 0 bridgehead atoms. The molecule has 0 saturated heterocycles. The van der Waals surface area contributed by atoms with Crippen LogP contribution < -0.4 is 10.2 Å². The molecule has 170 valence electrons. The Bertz CT molecular complexity index is 1210. The topological polar surface area (TPSA) is 88.8 Å². The summed E-state index contributed by atoms with van der Waals surface area (Å²) in [5.41, 5.74) is 0.244. The number of aromatic nitrogens is 1. The van der Waals surface area contributed by atoms with Crippen LogP contribution in [0.1, 0.15) is 53.7 Å². The van der Waals surface area contributed by atoms with E-state index in [1.165, 1.54) is 25.4 Å². The number of pyridine rings is 1. The lowest BCUT2D eigenvalue weighted by Crippen LogP contribution is -2.23. The maximum atomic E-state index is 14.5. The first kappa shape index (κ1) is 23.8. The Labute approximate surface area is 189 Å². The molecule has 32 heavy (non-hydrogen) atoms. The number of hydrogen-bond donors (Lipinski definition) is 2. The number of fused-ring (bicyclic) bond motifs is 1. The Morgan fingerprint density at radius 1 is 1.28 bits per heavy atom. The molecule has 0 radical (unpaired) electrons. The lowest BCUT2D eigenvalue weighted by Gasteiger charge is -2.22. The largest absolute Gasteiger partial charge is 0.496 e. The Morgan fingerprint density at radius 2 is 2.03 bits per heavy atom. The lowest BCUT2D eigenvalue weighted by molar-refractivity contribution is 0.0694. The fraction of sp³-hybridized carbons (Fsp3) is 0.333. The Morgan fingerprint density at radius 3 is 2.66 bits per heavy atom. The van der Waals surface area contributed by atoms with Crippen molar-refractivity contribution in [2.24, 2.45) is 0 Å². The highest BCUT2D eigenvalue weighted by Crippen LogP contribution is 2.31. The number of aromatic carboxylic acids is 1. The van der Waals surface area contributed by atoms with Crippen LogP contribution in [0.2, 0.25) is 5.02 Å². The van der Waals surface area contributed by atoms with Crippen LogP contribution in [0.4, 0.5) is 4.39 Å². The third-order valence-electron chi connectivity index (χ3n) is 5.57. The highest BCUT2D eigenvalue weighted by Gasteiger charge is 2.21. The van der Waals surface area contributed by atoms with Gasteiger partial charge in [-0.2, -0.15) is 0 Å². The van der Waals surface area contributed by atoms with E-state index in [1.54, 1.807) is 22.8 Å². The minimum Gasteiger partial charge on any atom is -0.496 e. The van der Waals surface area contributed by atoms with Gasteiger partial charge in [0.2, 0.25) is 5.43 Å². The maximum absolute atomic E-state index is 14.5. The fourth-order valence-electron chi connectivity index (χ4n) is 3.85. The summed E-state index contributed by atoms with van der Waals surface area (Å²) in [6, 6.07) is 7.42. The second-order valence-corrected chi connectivity index (χ2v) is 8.04. The van der Waals surface area contributed by atoms with Crippen LogP contribution in [0.3, 0.4) is 0 Å². The molecule has 0 spiro atoms. The summed E-state index contributed by atoms with van der Waals surface area (Å²) in [7, 11) is 1.47. The highest BCUT2D eigenvalue weighted by atomic mass is 35.5. The van der Waals surface area contributed by atoms with Crippen LogP contribution in [0.5, 0.6) is 5.75 Å². The molecule has 6 nitrogen and oxygen atoms in total. The monoisotopic (exact) mass is 461 g/mol. The van der Waals surface area contributed by atoms with Gasteiger partial charge in [-0.05, 0) is 29.7 Å². The third kappa shape index (κ3) is 4.64. The molecule has 1 heterocycles. The molecule has 3 rings (SSSR count). The summed E-state index contributed by atoms with van der Waals surface area (Å²) in [4.78, 5) is 24.7. The summed E-state index contributed by atoms with van der Waals surface area (Å²) in [5.74, 6) is -1.50. The molecule has 0 aliphatic rings. The Kier molecular flexibility index (Phi) is 7.53. The summed E-state index contributed by atoms with van der Waals surface area (Å²) in [6.07, 6.45) is 3.71. The van der Waals surface area contributed by atoms with Gasteiger partial charge in [0.15, 0.2) is 0 Å². The van der Waals surface area contributed by atoms with Gasteiger partial charge in [0.25, 0.3) is 0 Å². The molecule has 0 aliphatic heterocycles. The van der Waals surface area contributed by atoms with E-state index in [4.69, 9.17) is 16.3 Å². The average Bonchev–Trinajstić information content (AvgIpc) is 2.78. The summed E-state index contributed by atoms with van der Waals surface area (Å²) >= 11 is 5.89. The molecule has 0 aliphatic carbocycles. The van der Waals surface area contributed by atoms with E-state index in [1.807, 2.05) is 6.92 Å². The molecule has 0 saturated carbocycles. The lowest BCUT2D eigenvalue weighted by atomic mass is 9.99. The van der Waals surface area contributed by atoms with E-state index >= 15 is 0 Å². The van der Waals surface area contributed by atoms with E-state index in [-0.39, 0.29) is 23.4 Å². The third-order valence-corrected chi connectivity index (χ3v) is 5.86. The van der Waals surface area contributed by atoms with Gasteiger partial charge in [0.1, 0.15) is 17.1 Å². The van der Waals surface area contributed by atoms with E-state index < -0.39 is 28.8 Å². The number of methoxy groups -OCH3 is 1. The molecule has 0 amide bonds. The van der Waals surface area contributed by atoms with Gasteiger partial charge in [-0.15, -0.1) is 0 Å². The molecule has 0 unspecified atom stereocenters. The van der Waals surface area contributed by atoms with Crippen molar-refractivity contribution < 1.29 is 24.1 Å². The van der Waals surface area contributed by atoms with Crippen LogP contribution in [-0.4, -0.2) is 34.5 Å². The van der Waals surface area contributed by atoms with Gasteiger partial charge in [-0.25, -0.2) is 9.18 Å². The zero-order chi connectivity index (χ0) is 23.4. The molecule has 0 fully saturated rings. The van der Waals surface area contributed by atoms with Crippen molar-refractivity contribution in [2.45, 2.75) is 38.6 Å². The number of hydrogen-bond acceptors (Lipinski definition) is 4. The normalized spacial score (nSPS) is 12.2. The molecular weight excluding hydrogens is 437 g/mol. The summed E-state index contributed by atoms with van der Waals surface area (Å²) < 4.78 is 21.6. The first-order valence-electron chi connectivity index (χ1n) is 10.3. The van der Waals surface area contributed by atoms with Crippen LogP contribution in [0, 0.1) is 5.82 Å². The van der Waals surface area contributed by atoms with Crippen molar-refractivity contribution in [3.63, 3.8) is 0 Å². The average molecular weight is 462 g/mol. The van der Waals surface area contributed by atoms with E-state index in [9.17, 15) is 24.2 Å². The Balaban J connectivity index is 2.27. The highest BCUT2D eigenvalue weighted by molar-refractivity contribution is 6.30. The van der Waals surface area contributed by atoms with Crippen molar-refractivity contribution in [1.82, 2.24) is 4.57 Å². The predicted octanol–water partition coefficient (Wildman–Crippen LogP) is 4.82. The first-order chi connectivity index (χ1) is 15.3. The van der Waals surface area contributed by atoms with Crippen LogP contribution in [0.15, 0.2) is 41.3 Å². The van der Waals surface area contributed by atoms with Gasteiger partial charge >= 0.3 is 5.97 Å². The maximum Gasteiger partial charge on any atom is 0.341 e. The van der Waals surface area contributed by atoms with E-state index in [2.05, 4.69) is 0 Å². The number of nitrogens with zero attached hydrogens (tertiary/aromatic N) is 1. The van der Waals surface area contributed by atoms with Crippen molar-refractivity contribution in [2.75, 3.05) is 13.7 Å². The van der Waals surface area contributed by atoms with Crippen LogP contribution in [-0.2, 0) is 6.42 Å². The van der Waals surface area contributed by atoms with E-state index in [0.29, 0.717) is 28.8 Å². The van der Waals surface area contributed by atoms with Crippen molar-refractivity contribution >= 4 is 28.5 Å². The minimum absolute atomic E-state index is 0.0144. The number of benzene rings is 2.